The molecule has 5 nitrogen and oxygen atoms in total. The average Bonchev–Trinajstić information content (AvgIpc) is 2.59. The molecule has 1 unspecified atom stereocenters. The fourth-order valence-corrected chi connectivity index (χ4v) is 2.44. The number of rotatable bonds is 5. The molecule has 0 aliphatic carbocycles. The molecule has 0 spiro atoms. The van der Waals surface area contributed by atoms with Crippen LogP contribution < -0.4 is 15.5 Å². The number of nitrogens with one attached hydrogen (secondary N) is 2. The number of nitrogens with zero attached hydrogens (tertiary/aromatic N) is 2. The number of hydrogen-bond donors (Lipinski definition) is 2. The summed E-state index contributed by atoms with van der Waals surface area (Å²) in [4.78, 5) is 6.21. The number of halogens is 2. The van der Waals surface area contributed by atoms with Crippen LogP contribution in [0, 0.1) is 5.82 Å². The zero-order chi connectivity index (χ0) is 16.7. The molecule has 0 aromatic heterocycles. The van der Waals surface area contributed by atoms with Crippen molar-refractivity contribution in [2.24, 2.45) is 4.99 Å². The van der Waals surface area contributed by atoms with Crippen LogP contribution in [0.2, 0.25) is 0 Å². The average molecular weight is 450 g/mol. The molecule has 1 aromatic rings. The van der Waals surface area contributed by atoms with Gasteiger partial charge in [0, 0.05) is 32.7 Å². The summed E-state index contributed by atoms with van der Waals surface area (Å²) in [6, 6.07) is 5.75. The number of ether oxygens (including phenoxy) is 1. The summed E-state index contributed by atoms with van der Waals surface area (Å²) in [5, 5.41) is 6.50. The minimum atomic E-state index is -0.184. The van der Waals surface area contributed by atoms with E-state index in [4.69, 9.17) is 4.74 Å². The number of hydrogen-bond acceptors (Lipinski definition) is 3. The largest absolute Gasteiger partial charge is 0.378 e. The predicted octanol–water partition coefficient (Wildman–Crippen LogP) is 2.74. The van der Waals surface area contributed by atoms with Crippen molar-refractivity contribution in [3.63, 3.8) is 0 Å². The summed E-state index contributed by atoms with van der Waals surface area (Å²) in [7, 11) is 1.74. The van der Waals surface area contributed by atoms with E-state index in [0.717, 1.165) is 31.0 Å². The Hall–Kier alpha value is -1.09. The molecule has 1 aromatic carbocycles. The Bertz CT molecular complexity index is 535. The Morgan fingerprint density at radius 3 is 2.67 bits per heavy atom. The first-order valence-electron chi connectivity index (χ1n) is 8.22. The van der Waals surface area contributed by atoms with Gasteiger partial charge in [-0.15, -0.1) is 24.0 Å². The molecule has 1 heterocycles. The highest BCUT2D eigenvalue weighted by atomic mass is 127. The number of anilines is 1. The van der Waals surface area contributed by atoms with E-state index < -0.39 is 0 Å². The summed E-state index contributed by atoms with van der Waals surface area (Å²) in [6.07, 6.45) is 1.02. The predicted molar refractivity (Wildman–Crippen MR) is 108 cm³/mol. The normalized spacial score (nSPS) is 16.3. The van der Waals surface area contributed by atoms with Crippen LogP contribution in [0.5, 0.6) is 0 Å². The second-order valence-corrected chi connectivity index (χ2v) is 5.76. The fourth-order valence-electron chi connectivity index (χ4n) is 2.44. The molecule has 1 atom stereocenters. The van der Waals surface area contributed by atoms with E-state index in [0.29, 0.717) is 31.5 Å². The summed E-state index contributed by atoms with van der Waals surface area (Å²) in [5.41, 5.74) is 1.55. The Labute approximate surface area is 161 Å². The van der Waals surface area contributed by atoms with Crippen LogP contribution in [0.25, 0.3) is 0 Å². The summed E-state index contributed by atoms with van der Waals surface area (Å²) >= 11 is 0. The van der Waals surface area contributed by atoms with Gasteiger partial charge in [-0.1, -0.05) is 13.0 Å². The van der Waals surface area contributed by atoms with Gasteiger partial charge in [0.1, 0.15) is 5.82 Å². The Morgan fingerprint density at radius 1 is 1.38 bits per heavy atom. The zero-order valence-electron chi connectivity index (χ0n) is 14.6. The maximum atomic E-state index is 14.3. The standard InChI is InChI=1S/C17H27FN4O.HI/c1-4-13(2)21-17(19-3)20-12-14-5-6-16(15(18)11-14)22-7-9-23-10-8-22;/h5-6,11,13H,4,7-10,12H2,1-3H3,(H2,19,20,21);1H. The third kappa shape index (κ3) is 6.08. The monoisotopic (exact) mass is 450 g/mol. The van der Waals surface area contributed by atoms with Crippen LogP contribution in [-0.2, 0) is 11.3 Å². The minimum absolute atomic E-state index is 0. The van der Waals surface area contributed by atoms with Crippen molar-refractivity contribution in [2.45, 2.75) is 32.9 Å². The minimum Gasteiger partial charge on any atom is -0.378 e. The molecule has 1 aliphatic rings. The van der Waals surface area contributed by atoms with Crippen molar-refractivity contribution in [1.29, 1.82) is 0 Å². The lowest BCUT2D eigenvalue weighted by atomic mass is 10.1. The Balaban J connectivity index is 0.00000288. The lowest BCUT2D eigenvalue weighted by Gasteiger charge is -2.29. The van der Waals surface area contributed by atoms with E-state index in [9.17, 15) is 4.39 Å². The first-order chi connectivity index (χ1) is 11.1. The maximum absolute atomic E-state index is 14.3. The lowest BCUT2D eigenvalue weighted by molar-refractivity contribution is 0.122. The van der Waals surface area contributed by atoms with Crippen LogP contribution in [0.4, 0.5) is 10.1 Å². The third-order valence-corrected chi connectivity index (χ3v) is 4.04. The van der Waals surface area contributed by atoms with Gasteiger partial charge in [-0.3, -0.25) is 4.99 Å². The second kappa shape index (κ2) is 10.7. The van der Waals surface area contributed by atoms with Crippen molar-refractivity contribution in [1.82, 2.24) is 10.6 Å². The second-order valence-electron chi connectivity index (χ2n) is 5.76. The molecule has 0 bridgehead atoms. The lowest BCUT2D eigenvalue weighted by Crippen LogP contribution is -2.41. The van der Waals surface area contributed by atoms with Gasteiger partial charge in [-0.2, -0.15) is 0 Å². The number of aliphatic imine (C=N–C) groups is 1. The smallest absolute Gasteiger partial charge is 0.191 e. The molecule has 24 heavy (non-hydrogen) atoms. The molecule has 2 N–H and O–H groups in total. The van der Waals surface area contributed by atoms with Crippen molar-refractivity contribution in [3.8, 4) is 0 Å². The molecule has 1 aliphatic heterocycles. The Kier molecular flexibility index (Phi) is 9.35. The van der Waals surface area contributed by atoms with Crippen LogP contribution in [0.3, 0.4) is 0 Å². The van der Waals surface area contributed by atoms with Gasteiger partial charge in [0.25, 0.3) is 0 Å². The molecule has 1 saturated heterocycles. The molecule has 0 saturated carbocycles. The van der Waals surface area contributed by atoms with E-state index in [1.807, 2.05) is 17.0 Å². The van der Waals surface area contributed by atoms with Crippen molar-refractivity contribution < 1.29 is 9.13 Å². The van der Waals surface area contributed by atoms with Crippen LogP contribution in [0.1, 0.15) is 25.8 Å². The van der Waals surface area contributed by atoms with E-state index in [1.165, 1.54) is 0 Å². The quantitative estimate of drug-likeness (QED) is 0.412. The number of guanidine groups is 1. The molecule has 2 rings (SSSR count). The van der Waals surface area contributed by atoms with Crippen molar-refractivity contribution >= 4 is 35.6 Å². The molecule has 0 amide bonds. The molecular formula is C17H28FIN4O. The van der Waals surface area contributed by atoms with Crippen LogP contribution in [0.15, 0.2) is 23.2 Å². The van der Waals surface area contributed by atoms with Gasteiger partial charge in [0.2, 0.25) is 0 Å². The van der Waals surface area contributed by atoms with E-state index in [-0.39, 0.29) is 29.8 Å². The SMILES string of the molecule is CCC(C)NC(=NC)NCc1ccc(N2CCOCC2)c(F)c1.I. The molecular weight excluding hydrogens is 422 g/mol. The van der Waals surface area contributed by atoms with Crippen molar-refractivity contribution in [3.05, 3.63) is 29.6 Å². The van der Waals surface area contributed by atoms with Gasteiger partial charge >= 0.3 is 0 Å². The third-order valence-electron chi connectivity index (χ3n) is 4.04. The maximum Gasteiger partial charge on any atom is 0.191 e. The van der Waals surface area contributed by atoms with Gasteiger partial charge in [-0.25, -0.2) is 4.39 Å². The van der Waals surface area contributed by atoms with Gasteiger partial charge in [0.05, 0.1) is 18.9 Å². The van der Waals surface area contributed by atoms with E-state index in [2.05, 4.69) is 29.5 Å². The zero-order valence-corrected chi connectivity index (χ0v) is 17.0. The highest BCUT2D eigenvalue weighted by Gasteiger charge is 2.15. The summed E-state index contributed by atoms with van der Waals surface area (Å²) < 4.78 is 19.7. The first-order valence-corrected chi connectivity index (χ1v) is 8.22. The van der Waals surface area contributed by atoms with E-state index >= 15 is 0 Å². The van der Waals surface area contributed by atoms with Crippen LogP contribution >= 0.6 is 24.0 Å². The Morgan fingerprint density at radius 2 is 2.08 bits per heavy atom. The van der Waals surface area contributed by atoms with Gasteiger partial charge in [0.15, 0.2) is 5.96 Å². The fraction of sp³-hybridized carbons (Fsp3) is 0.588. The van der Waals surface area contributed by atoms with Gasteiger partial charge in [-0.05, 0) is 31.0 Å². The number of benzene rings is 1. The molecule has 7 heteroatoms. The molecule has 0 radical (unpaired) electrons. The molecule has 136 valence electrons. The highest BCUT2D eigenvalue weighted by Crippen LogP contribution is 2.21. The summed E-state index contributed by atoms with van der Waals surface area (Å²) in [5.74, 6) is 0.549. The van der Waals surface area contributed by atoms with Crippen molar-refractivity contribution in [2.75, 3.05) is 38.3 Å². The topological polar surface area (TPSA) is 48.9 Å². The van der Waals surface area contributed by atoms with Gasteiger partial charge < -0.3 is 20.3 Å². The van der Waals surface area contributed by atoms with Crippen LogP contribution in [-0.4, -0.2) is 45.4 Å². The first kappa shape index (κ1) is 21.0. The summed E-state index contributed by atoms with van der Waals surface area (Å²) in [6.45, 7) is 7.53. The molecule has 1 fully saturated rings. The van der Waals surface area contributed by atoms with E-state index in [1.54, 1.807) is 13.1 Å². The highest BCUT2D eigenvalue weighted by molar-refractivity contribution is 14.0. The number of morpholine rings is 1.